The van der Waals surface area contributed by atoms with Gasteiger partial charge in [-0.25, -0.2) is 9.97 Å². The minimum atomic E-state index is -0.454. The van der Waals surface area contributed by atoms with Crippen molar-refractivity contribution in [1.29, 1.82) is 0 Å². The molecule has 0 fully saturated rings. The second kappa shape index (κ2) is 10.6. The van der Waals surface area contributed by atoms with Gasteiger partial charge in [0, 0.05) is 44.9 Å². The third kappa shape index (κ3) is 4.49. The highest BCUT2D eigenvalue weighted by atomic mass is 16.5. The van der Waals surface area contributed by atoms with Gasteiger partial charge in [0.2, 0.25) is 0 Å². The van der Waals surface area contributed by atoms with Gasteiger partial charge in [-0.05, 0) is 57.9 Å². The number of ether oxygens (including phenoxy) is 2. The first-order valence-electron chi connectivity index (χ1n) is 15.7. The zero-order valence-corrected chi connectivity index (χ0v) is 25.7. The first-order chi connectivity index (χ1) is 21.9. The van der Waals surface area contributed by atoms with Crippen LogP contribution in [0.4, 0.5) is 0 Å². The summed E-state index contributed by atoms with van der Waals surface area (Å²) in [6, 6.07) is 31.7. The number of allylic oxidation sites excluding steroid dienone is 2. The number of ketones is 1. The molecule has 5 heteroatoms. The Kier molecular flexibility index (Phi) is 6.45. The van der Waals surface area contributed by atoms with Crippen molar-refractivity contribution >= 4 is 38.6 Å². The molecule has 5 nitrogen and oxygen atoms in total. The lowest BCUT2D eigenvalue weighted by Gasteiger charge is -2.49. The maximum atomic E-state index is 13.3. The predicted molar refractivity (Wildman–Crippen MR) is 179 cm³/mol. The van der Waals surface area contributed by atoms with E-state index in [0.717, 1.165) is 62.8 Å². The number of hydrogen-bond acceptors (Lipinski definition) is 5. The highest BCUT2D eigenvalue weighted by molar-refractivity contribution is 6.13. The maximum Gasteiger partial charge on any atom is 0.193 e. The zero-order chi connectivity index (χ0) is 30.7. The van der Waals surface area contributed by atoms with Gasteiger partial charge in [-0.2, -0.15) is 0 Å². The molecule has 5 aromatic carbocycles. The van der Waals surface area contributed by atoms with Crippen LogP contribution in [0.15, 0.2) is 109 Å². The zero-order valence-electron chi connectivity index (χ0n) is 25.7. The van der Waals surface area contributed by atoms with Crippen molar-refractivity contribution in [2.45, 2.75) is 45.1 Å². The van der Waals surface area contributed by atoms with Crippen molar-refractivity contribution in [3.63, 3.8) is 0 Å². The van der Waals surface area contributed by atoms with Gasteiger partial charge in [0.15, 0.2) is 5.78 Å². The van der Waals surface area contributed by atoms with Crippen LogP contribution in [0.1, 0.15) is 66.6 Å². The standard InChI is InChI=1S/C40H34N2O3/c1-24(2)12-11-21-40(3)30-23-44-33-18-10-9-17-29(33)34(30)35-37-36(27-15-7-8-16-28(27)39(35)45-40)42-32-22-26(19-20-31(32)41-37)38(43)25-13-5-4-6-14-25/h4-10,12-20,22,30,34H,11,21,23H2,1-3H3/t30-,34+,40+/m0/s1. The molecule has 6 aromatic rings. The van der Waals surface area contributed by atoms with Crippen molar-refractivity contribution in [3.8, 4) is 11.5 Å². The number of benzene rings is 5. The Hall–Kier alpha value is -5.03. The first-order valence-corrected chi connectivity index (χ1v) is 15.7. The third-order valence-electron chi connectivity index (χ3n) is 9.59. The van der Waals surface area contributed by atoms with E-state index < -0.39 is 5.60 Å². The quantitative estimate of drug-likeness (QED) is 0.0867. The second-order valence-electron chi connectivity index (χ2n) is 12.8. The lowest BCUT2D eigenvalue weighted by molar-refractivity contribution is -0.0316. The number of rotatable bonds is 5. The van der Waals surface area contributed by atoms with Crippen molar-refractivity contribution in [1.82, 2.24) is 9.97 Å². The van der Waals surface area contributed by atoms with Gasteiger partial charge in [-0.3, -0.25) is 4.79 Å². The van der Waals surface area contributed by atoms with Crippen LogP contribution in [0.3, 0.4) is 0 Å². The van der Waals surface area contributed by atoms with Crippen LogP contribution in [0, 0.1) is 5.92 Å². The monoisotopic (exact) mass is 590 g/mol. The molecule has 3 atom stereocenters. The van der Waals surface area contributed by atoms with Crippen molar-refractivity contribution in [2.75, 3.05) is 6.61 Å². The van der Waals surface area contributed by atoms with Crippen LogP contribution >= 0.6 is 0 Å². The van der Waals surface area contributed by atoms with Gasteiger partial charge in [0.25, 0.3) is 0 Å². The van der Waals surface area contributed by atoms with Crippen LogP contribution in [-0.2, 0) is 0 Å². The van der Waals surface area contributed by atoms with E-state index in [4.69, 9.17) is 19.4 Å². The maximum absolute atomic E-state index is 13.3. The molecule has 0 unspecified atom stereocenters. The highest BCUT2D eigenvalue weighted by Gasteiger charge is 2.51. The molecule has 1 aromatic heterocycles. The first kappa shape index (κ1) is 27.5. The minimum Gasteiger partial charge on any atom is -0.493 e. The normalized spacial score (nSPS) is 20.1. The fourth-order valence-electron chi connectivity index (χ4n) is 7.31. The van der Waals surface area contributed by atoms with Gasteiger partial charge in [0.05, 0.1) is 28.7 Å². The smallest absolute Gasteiger partial charge is 0.193 e. The van der Waals surface area contributed by atoms with Crippen LogP contribution in [-0.4, -0.2) is 28.0 Å². The van der Waals surface area contributed by atoms with Gasteiger partial charge in [0.1, 0.15) is 17.1 Å². The lowest BCUT2D eigenvalue weighted by atomic mass is 9.67. The number of carbonyl (C=O) groups is 1. The molecule has 0 saturated heterocycles. The number of nitrogens with zero attached hydrogens (tertiary/aromatic N) is 2. The summed E-state index contributed by atoms with van der Waals surface area (Å²) >= 11 is 0. The molecular weight excluding hydrogens is 556 g/mol. The van der Waals surface area contributed by atoms with E-state index in [2.05, 4.69) is 63.2 Å². The van der Waals surface area contributed by atoms with E-state index in [9.17, 15) is 4.79 Å². The minimum absolute atomic E-state index is 0.0215. The third-order valence-corrected chi connectivity index (χ3v) is 9.59. The van der Waals surface area contributed by atoms with Crippen molar-refractivity contribution < 1.29 is 14.3 Å². The van der Waals surface area contributed by atoms with Gasteiger partial charge >= 0.3 is 0 Å². The number of carbonyl (C=O) groups excluding carboxylic acids is 1. The molecule has 8 rings (SSSR count). The van der Waals surface area contributed by atoms with Crippen LogP contribution in [0.25, 0.3) is 32.8 Å². The summed E-state index contributed by atoms with van der Waals surface area (Å²) in [5.41, 5.74) is 7.44. The molecule has 0 saturated carbocycles. The summed E-state index contributed by atoms with van der Waals surface area (Å²) in [6.07, 6.45) is 4.10. The van der Waals surface area contributed by atoms with Crippen molar-refractivity contribution in [2.24, 2.45) is 5.92 Å². The predicted octanol–water partition coefficient (Wildman–Crippen LogP) is 9.21. The van der Waals surface area contributed by atoms with E-state index in [1.54, 1.807) is 0 Å². The van der Waals surface area contributed by atoms with Crippen LogP contribution < -0.4 is 9.47 Å². The van der Waals surface area contributed by atoms with Gasteiger partial charge in [-0.15, -0.1) is 0 Å². The fraction of sp³-hybridized carbons (Fsp3) is 0.225. The number of aromatic nitrogens is 2. The molecule has 45 heavy (non-hydrogen) atoms. The Morgan fingerprint density at radius 2 is 1.58 bits per heavy atom. The van der Waals surface area contributed by atoms with Crippen LogP contribution in [0.2, 0.25) is 0 Å². The summed E-state index contributed by atoms with van der Waals surface area (Å²) < 4.78 is 13.6. The molecule has 0 aliphatic carbocycles. The van der Waals surface area contributed by atoms with E-state index in [1.165, 1.54) is 5.57 Å². The van der Waals surface area contributed by atoms with Gasteiger partial charge < -0.3 is 9.47 Å². The Bertz CT molecular complexity index is 2170. The van der Waals surface area contributed by atoms with E-state index in [0.29, 0.717) is 23.3 Å². The molecule has 3 heterocycles. The molecule has 0 bridgehead atoms. The molecule has 2 aliphatic heterocycles. The highest BCUT2D eigenvalue weighted by Crippen LogP contribution is 2.57. The van der Waals surface area contributed by atoms with Gasteiger partial charge in [-0.1, -0.05) is 84.4 Å². The summed E-state index contributed by atoms with van der Waals surface area (Å²) in [5.74, 6) is 1.88. The molecule has 222 valence electrons. The largest absolute Gasteiger partial charge is 0.493 e. The Balaban J connectivity index is 1.39. The topological polar surface area (TPSA) is 61.3 Å². The molecule has 0 spiro atoms. The van der Waals surface area contributed by atoms with Crippen LogP contribution in [0.5, 0.6) is 11.5 Å². The SMILES string of the molecule is CC(C)=CCC[C@@]1(C)Oc2c(c3nc4ccc(C(=O)c5ccccc5)cc4nc3c3ccccc23)[C@@H]2c3ccccc3OC[C@@H]21. The second-order valence-corrected chi connectivity index (χ2v) is 12.8. The molecule has 0 amide bonds. The number of hydrogen-bond donors (Lipinski definition) is 0. The van der Waals surface area contributed by atoms with Crippen molar-refractivity contribution in [3.05, 3.63) is 131 Å². The Morgan fingerprint density at radius 3 is 2.40 bits per heavy atom. The van der Waals surface area contributed by atoms with E-state index in [-0.39, 0.29) is 17.6 Å². The average Bonchev–Trinajstić information content (AvgIpc) is 3.07. The Morgan fingerprint density at radius 1 is 0.844 bits per heavy atom. The average molecular weight is 591 g/mol. The summed E-state index contributed by atoms with van der Waals surface area (Å²) in [7, 11) is 0. The number of fused-ring (bicyclic) bond motifs is 11. The van der Waals surface area contributed by atoms with E-state index >= 15 is 0 Å². The molecule has 0 radical (unpaired) electrons. The molecule has 0 N–H and O–H groups in total. The van der Waals surface area contributed by atoms with E-state index in [1.807, 2.05) is 60.7 Å². The number of para-hydroxylation sites is 1. The Labute approximate surface area is 262 Å². The summed E-state index contributed by atoms with van der Waals surface area (Å²) in [4.78, 5) is 23.9. The fourth-order valence-corrected chi connectivity index (χ4v) is 7.31. The summed E-state index contributed by atoms with van der Waals surface area (Å²) in [6.45, 7) is 7.10. The summed E-state index contributed by atoms with van der Waals surface area (Å²) in [5, 5.41) is 2.02. The molecule has 2 aliphatic rings. The molecular formula is C40H34N2O3. The lowest BCUT2D eigenvalue weighted by Crippen LogP contribution is -2.51.